The first-order chi connectivity index (χ1) is 8.67. The minimum atomic E-state index is -0.474. The van der Waals surface area contributed by atoms with E-state index >= 15 is 0 Å². The molecule has 5 heteroatoms. The van der Waals surface area contributed by atoms with Gasteiger partial charge in [-0.1, -0.05) is 6.92 Å². The zero-order valence-electron chi connectivity index (χ0n) is 10.3. The third-order valence-corrected chi connectivity index (χ3v) is 3.11. The summed E-state index contributed by atoms with van der Waals surface area (Å²) in [5, 5.41) is 10.7. The molecule has 18 heavy (non-hydrogen) atoms. The van der Waals surface area contributed by atoms with Crippen molar-refractivity contribution in [2.75, 3.05) is 11.4 Å². The van der Waals surface area contributed by atoms with Gasteiger partial charge in [0.05, 0.1) is 4.92 Å². The molecule has 0 N–H and O–H groups in total. The molecule has 1 fully saturated rings. The first-order valence-corrected chi connectivity index (χ1v) is 6.17. The fourth-order valence-electron chi connectivity index (χ4n) is 2.14. The first kappa shape index (κ1) is 12.5. The molecule has 2 rings (SSSR count). The van der Waals surface area contributed by atoms with Crippen LogP contribution < -0.4 is 4.90 Å². The van der Waals surface area contributed by atoms with Crippen LogP contribution in [0.3, 0.4) is 0 Å². The number of carbonyl (C=O) groups is 1. The first-order valence-electron chi connectivity index (χ1n) is 6.17. The molecule has 0 amide bonds. The largest absolute Gasteiger partial charge is 0.368 e. The van der Waals surface area contributed by atoms with Crippen molar-refractivity contribution in [1.29, 1.82) is 0 Å². The predicted octanol–water partition coefficient (Wildman–Crippen LogP) is 2.79. The van der Waals surface area contributed by atoms with E-state index in [0.717, 1.165) is 31.5 Å². The van der Waals surface area contributed by atoms with Crippen LogP contribution >= 0.6 is 0 Å². The van der Waals surface area contributed by atoms with Crippen molar-refractivity contribution in [3.8, 4) is 0 Å². The lowest BCUT2D eigenvalue weighted by atomic mass is 10.1. The van der Waals surface area contributed by atoms with Gasteiger partial charge in [0, 0.05) is 36.0 Å². The van der Waals surface area contributed by atoms with Crippen LogP contribution in [-0.2, 0) is 0 Å². The van der Waals surface area contributed by atoms with E-state index in [1.54, 1.807) is 6.07 Å². The molecular formula is C13H16N2O3. The topological polar surface area (TPSA) is 63.4 Å². The van der Waals surface area contributed by atoms with Crippen molar-refractivity contribution in [3.05, 3.63) is 33.9 Å². The van der Waals surface area contributed by atoms with Gasteiger partial charge in [-0.25, -0.2) is 0 Å². The van der Waals surface area contributed by atoms with Crippen LogP contribution in [0.5, 0.6) is 0 Å². The number of aldehydes is 1. The summed E-state index contributed by atoms with van der Waals surface area (Å²) in [6.45, 7) is 2.96. The number of carbonyl (C=O) groups excluding carboxylic acids is 1. The van der Waals surface area contributed by atoms with Crippen LogP contribution in [0.2, 0.25) is 0 Å². The van der Waals surface area contributed by atoms with Crippen LogP contribution in [0.15, 0.2) is 18.2 Å². The Balaban J connectivity index is 2.35. The van der Waals surface area contributed by atoms with Crippen LogP contribution in [-0.4, -0.2) is 23.8 Å². The molecule has 0 aliphatic heterocycles. The van der Waals surface area contributed by atoms with Gasteiger partial charge in [0.2, 0.25) is 0 Å². The Kier molecular flexibility index (Phi) is 3.60. The Morgan fingerprint density at radius 1 is 1.50 bits per heavy atom. The summed E-state index contributed by atoms with van der Waals surface area (Å²) in [5.74, 6) is 0. The van der Waals surface area contributed by atoms with E-state index in [2.05, 4.69) is 11.8 Å². The van der Waals surface area contributed by atoms with Gasteiger partial charge in [0.15, 0.2) is 6.29 Å². The van der Waals surface area contributed by atoms with E-state index in [9.17, 15) is 14.9 Å². The van der Waals surface area contributed by atoms with Crippen LogP contribution in [0.25, 0.3) is 0 Å². The third kappa shape index (κ3) is 2.50. The van der Waals surface area contributed by atoms with Crippen molar-refractivity contribution < 1.29 is 9.72 Å². The molecular weight excluding hydrogens is 232 g/mol. The second-order valence-electron chi connectivity index (χ2n) is 4.54. The van der Waals surface area contributed by atoms with Gasteiger partial charge in [-0.3, -0.25) is 14.9 Å². The zero-order chi connectivity index (χ0) is 13.1. The molecule has 5 nitrogen and oxygen atoms in total. The minimum absolute atomic E-state index is 0.0342. The van der Waals surface area contributed by atoms with Gasteiger partial charge < -0.3 is 4.90 Å². The summed E-state index contributed by atoms with van der Waals surface area (Å²) in [6.07, 6.45) is 3.96. The quantitative estimate of drug-likeness (QED) is 0.441. The Morgan fingerprint density at radius 3 is 2.72 bits per heavy atom. The molecule has 0 saturated heterocycles. The summed E-state index contributed by atoms with van der Waals surface area (Å²) in [6, 6.07) is 5.00. The number of nitrogens with zero attached hydrogens (tertiary/aromatic N) is 2. The summed E-state index contributed by atoms with van der Waals surface area (Å²) < 4.78 is 0. The van der Waals surface area contributed by atoms with Gasteiger partial charge in [0.1, 0.15) is 0 Å². The number of rotatable bonds is 6. The Labute approximate surface area is 106 Å². The van der Waals surface area contributed by atoms with E-state index in [0.29, 0.717) is 17.9 Å². The van der Waals surface area contributed by atoms with Crippen LogP contribution in [0.1, 0.15) is 36.5 Å². The van der Waals surface area contributed by atoms with E-state index < -0.39 is 4.92 Å². The molecule has 96 valence electrons. The fourth-order valence-corrected chi connectivity index (χ4v) is 2.14. The highest BCUT2D eigenvalue weighted by atomic mass is 16.6. The highest BCUT2D eigenvalue weighted by Crippen LogP contribution is 2.34. The number of nitro groups is 1. The monoisotopic (exact) mass is 248 g/mol. The third-order valence-electron chi connectivity index (χ3n) is 3.11. The lowest BCUT2D eigenvalue weighted by Gasteiger charge is -2.25. The Morgan fingerprint density at radius 2 is 2.22 bits per heavy atom. The Hall–Kier alpha value is -1.91. The van der Waals surface area contributed by atoms with Crippen molar-refractivity contribution >= 4 is 17.7 Å². The van der Waals surface area contributed by atoms with Crippen molar-refractivity contribution in [2.45, 2.75) is 32.2 Å². The van der Waals surface area contributed by atoms with Gasteiger partial charge in [0.25, 0.3) is 5.69 Å². The van der Waals surface area contributed by atoms with Gasteiger partial charge in [-0.15, -0.1) is 0 Å². The average molecular weight is 248 g/mol. The lowest BCUT2D eigenvalue weighted by Crippen LogP contribution is -2.27. The van der Waals surface area contributed by atoms with Crippen molar-refractivity contribution in [1.82, 2.24) is 0 Å². The molecule has 0 unspecified atom stereocenters. The van der Waals surface area contributed by atoms with Crippen molar-refractivity contribution in [2.24, 2.45) is 0 Å². The summed E-state index contributed by atoms with van der Waals surface area (Å²) >= 11 is 0. The lowest BCUT2D eigenvalue weighted by molar-refractivity contribution is -0.384. The maximum Gasteiger partial charge on any atom is 0.270 e. The smallest absolute Gasteiger partial charge is 0.270 e. The summed E-state index contributed by atoms with van der Waals surface area (Å²) in [4.78, 5) is 23.5. The summed E-state index contributed by atoms with van der Waals surface area (Å²) in [7, 11) is 0. The van der Waals surface area contributed by atoms with Gasteiger partial charge in [-0.05, 0) is 25.3 Å². The standard InChI is InChI=1S/C13H16N2O3/c1-2-7-14(11-3-4-11)13-6-5-12(15(17)18)8-10(13)9-16/h5-6,8-9,11H,2-4,7H2,1H3. The van der Waals surface area contributed by atoms with Gasteiger partial charge in [-0.2, -0.15) is 0 Å². The van der Waals surface area contributed by atoms with Crippen LogP contribution in [0.4, 0.5) is 11.4 Å². The number of hydrogen-bond donors (Lipinski definition) is 0. The van der Waals surface area contributed by atoms with E-state index in [1.165, 1.54) is 12.1 Å². The minimum Gasteiger partial charge on any atom is -0.368 e. The predicted molar refractivity (Wildman–Crippen MR) is 69.1 cm³/mol. The highest BCUT2D eigenvalue weighted by molar-refractivity contribution is 5.86. The molecule has 1 aliphatic rings. The molecule has 0 radical (unpaired) electrons. The van der Waals surface area contributed by atoms with Crippen molar-refractivity contribution in [3.63, 3.8) is 0 Å². The maximum atomic E-state index is 11.1. The number of hydrogen-bond acceptors (Lipinski definition) is 4. The van der Waals surface area contributed by atoms with Crippen LogP contribution in [0, 0.1) is 10.1 Å². The molecule has 0 spiro atoms. The maximum absolute atomic E-state index is 11.1. The number of benzene rings is 1. The van der Waals surface area contributed by atoms with E-state index in [-0.39, 0.29) is 5.69 Å². The normalized spacial score (nSPS) is 14.3. The zero-order valence-corrected chi connectivity index (χ0v) is 10.3. The molecule has 1 aromatic rings. The second kappa shape index (κ2) is 5.16. The second-order valence-corrected chi connectivity index (χ2v) is 4.54. The van der Waals surface area contributed by atoms with E-state index in [4.69, 9.17) is 0 Å². The molecule has 1 aromatic carbocycles. The highest BCUT2D eigenvalue weighted by Gasteiger charge is 2.30. The fraction of sp³-hybridized carbons (Fsp3) is 0.462. The number of nitro benzene ring substituents is 1. The van der Waals surface area contributed by atoms with E-state index in [1.807, 2.05) is 0 Å². The molecule has 1 aliphatic carbocycles. The molecule has 1 saturated carbocycles. The average Bonchev–Trinajstić information content (AvgIpc) is 3.19. The molecule has 0 atom stereocenters. The summed E-state index contributed by atoms with van der Waals surface area (Å²) in [5.41, 5.74) is 1.19. The van der Waals surface area contributed by atoms with Gasteiger partial charge >= 0.3 is 0 Å². The molecule has 0 aromatic heterocycles. The Bertz CT molecular complexity index is 469. The SMILES string of the molecule is CCCN(c1ccc([N+](=O)[O-])cc1C=O)C1CC1. The number of anilines is 1. The number of non-ortho nitro benzene ring substituents is 1. The molecule has 0 heterocycles. The molecule has 0 bridgehead atoms.